The standard InChI is InChI=1S/C17H19N7O6/c1-9(10-3-5-11(6-4-10)24(29)30)20-21-16-18-14-13(23(16)7-12(26)8-25)15(27)19-17(28)22(14)2/h3-6,12,20,25-26H,1,7-8H2,2H3,(H,18,21)(H,19,27,28)/t12-/m1/s1. The van der Waals surface area contributed by atoms with E-state index in [0.717, 1.165) is 4.57 Å². The lowest BCUT2D eigenvalue weighted by atomic mass is 10.1. The van der Waals surface area contributed by atoms with E-state index < -0.39 is 28.9 Å². The molecule has 0 saturated carbocycles. The van der Waals surface area contributed by atoms with Crippen LogP contribution in [0.25, 0.3) is 16.9 Å². The summed E-state index contributed by atoms with van der Waals surface area (Å²) in [5.74, 6) is 0.0762. The van der Waals surface area contributed by atoms with E-state index in [4.69, 9.17) is 5.11 Å². The van der Waals surface area contributed by atoms with E-state index in [1.54, 1.807) is 0 Å². The smallest absolute Gasteiger partial charge is 0.329 e. The fourth-order valence-corrected chi connectivity index (χ4v) is 2.76. The summed E-state index contributed by atoms with van der Waals surface area (Å²) in [6.07, 6.45) is -1.18. The van der Waals surface area contributed by atoms with E-state index in [1.807, 2.05) is 0 Å². The van der Waals surface area contributed by atoms with Crippen molar-refractivity contribution in [2.24, 2.45) is 7.05 Å². The Morgan fingerprint density at radius 3 is 2.63 bits per heavy atom. The van der Waals surface area contributed by atoms with Crippen molar-refractivity contribution in [3.63, 3.8) is 0 Å². The molecule has 0 unspecified atom stereocenters. The Morgan fingerprint density at radius 2 is 2.03 bits per heavy atom. The first-order chi connectivity index (χ1) is 14.2. The van der Waals surface area contributed by atoms with Crippen molar-refractivity contribution in [3.8, 4) is 0 Å². The molecule has 3 rings (SSSR count). The predicted molar refractivity (Wildman–Crippen MR) is 108 cm³/mol. The van der Waals surface area contributed by atoms with Gasteiger partial charge in [-0.2, -0.15) is 4.98 Å². The number of nitrogens with one attached hydrogen (secondary N) is 3. The molecule has 0 amide bonds. The monoisotopic (exact) mass is 417 g/mol. The Labute approximate surface area is 168 Å². The Hall–Kier alpha value is -3.97. The highest BCUT2D eigenvalue weighted by atomic mass is 16.6. The lowest BCUT2D eigenvalue weighted by Crippen LogP contribution is -2.30. The van der Waals surface area contributed by atoms with Crippen molar-refractivity contribution in [1.82, 2.24) is 24.5 Å². The number of nitro benzene ring substituents is 1. The number of hydrogen-bond acceptors (Lipinski definition) is 9. The third kappa shape index (κ3) is 3.92. The van der Waals surface area contributed by atoms with Crippen molar-refractivity contribution in [3.05, 3.63) is 67.4 Å². The molecule has 1 aromatic carbocycles. The molecule has 0 aliphatic carbocycles. The second-order valence-electron chi connectivity index (χ2n) is 6.41. The highest BCUT2D eigenvalue weighted by molar-refractivity contribution is 5.74. The lowest BCUT2D eigenvalue weighted by Gasteiger charge is -2.15. The Bertz CT molecular complexity index is 1220. The fourth-order valence-electron chi connectivity index (χ4n) is 2.76. The van der Waals surface area contributed by atoms with Crippen molar-refractivity contribution < 1.29 is 15.1 Å². The predicted octanol–water partition coefficient (Wildman–Crippen LogP) is -0.728. The van der Waals surface area contributed by atoms with Crippen LogP contribution >= 0.6 is 0 Å². The number of fused-ring (bicyclic) bond motifs is 1. The molecule has 0 radical (unpaired) electrons. The van der Waals surface area contributed by atoms with Crippen LogP contribution in [-0.4, -0.2) is 46.9 Å². The fraction of sp³-hybridized carbons (Fsp3) is 0.235. The number of benzene rings is 1. The largest absolute Gasteiger partial charge is 0.394 e. The van der Waals surface area contributed by atoms with E-state index in [0.29, 0.717) is 11.3 Å². The summed E-state index contributed by atoms with van der Waals surface area (Å²) in [5, 5.41) is 29.8. The Balaban J connectivity index is 1.93. The van der Waals surface area contributed by atoms with E-state index >= 15 is 0 Å². The molecule has 1 atom stereocenters. The third-order valence-electron chi connectivity index (χ3n) is 4.36. The summed E-state index contributed by atoms with van der Waals surface area (Å²) in [6.45, 7) is 3.10. The maximum absolute atomic E-state index is 12.3. The molecule has 158 valence electrons. The van der Waals surface area contributed by atoms with Gasteiger partial charge in [-0.3, -0.25) is 35.3 Å². The zero-order valence-electron chi connectivity index (χ0n) is 15.8. The normalized spacial score (nSPS) is 12.0. The number of aryl methyl sites for hydroxylation is 1. The number of aromatic amines is 1. The topological polar surface area (TPSA) is 180 Å². The molecule has 5 N–H and O–H groups in total. The minimum Gasteiger partial charge on any atom is -0.394 e. The summed E-state index contributed by atoms with van der Waals surface area (Å²) >= 11 is 0. The summed E-state index contributed by atoms with van der Waals surface area (Å²) < 4.78 is 2.44. The molecule has 13 nitrogen and oxygen atoms in total. The van der Waals surface area contributed by atoms with Gasteiger partial charge >= 0.3 is 5.69 Å². The van der Waals surface area contributed by atoms with Gasteiger partial charge in [0.2, 0.25) is 5.95 Å². The molecule has 0 spiro atoms. The average Bonchev–Trinajstić information content (AvgIpc) is 3.09. The molecule has 3 aromatic rings. The molecule has 0 aliphatic rings. The van der Waals surface area contributed by atoms with Crippen LogP contribution in [0.5, 0.6) is 0 Å². The van der Waals surface area contributed by atoms with Crippen LogP contribution in [0.4, 0.5) is 11.6 Å². The first-order valence-electron chi connectivity index (χ1n) is 8.67. The van der Waals surface area contributed by atoms with Crippen molar-refractivity contribution in [2.75, 3.05) is 12.0 Å². The number of nitro groups is 1. The van der Waals surface area contributed by atoms with Gasteiger partial charge in [0.25, 0.3) is 11.2 Å². The van der Waals surface area contributed by atoms with Crippen LogP contribution in [0.1, 0.15) is 5.56 Å². The van der Waals surface area contributed by atoms with Gasteiger partial charge in [0.15, 0.2) is 11.2 Å². The number of non-ortho nitro benzene ring substituents is 1. The van der Waals surface area contributed by atoms with Crippen molar-refractivity contribution in [1.29, 1.82) is 0 Å². The van der Waals surface area contributed by atoms with Crippen LogP contribution in [0.2, 0.25) is 0 Å². The SMILES string of the molecule is C=C(NNc1nc2c(c(=O)[nH]c(=O)n2C)n1C[C@@H](O)CO)c1ccc([N+](=O)[O-])cc1. The number of hydrazine groups is 1. The van der Waals surface area contributed by atoms with E-state index in [1.165, 1.54) is 35.9 Å². The van der Waals surface area contributed by atoms with Crippen LogP contribution < -0.4 is 22.1 Å². The minimum atomic E-state index is -1.18. The number of aliphatic hydroxyl groups excluding tert-OH is 2. The van der Waals surface area contributed by atoms with Crippen LogP contribution in [0.15, 0.2) is 40.4 Å². The number of aliphatic hydroxyl groups is 2. The van der Waals surface area contributed by atoms with Crippen molar-refractivity contribution >= 4 is 28.5 Å². The number of imidazole rings is 1. The second kappa shape index (κ2) is 8.18. The zero-order valence-corrected chi connectivity index (χ0v) is 15.8. The summed E-state index contributed by atoms with van der Waals surface area (Å²) in [5.41, 5.74) is 5.07. The molecule has 30 heavy (non-hydrogen) atoms. The second-order valence-corrected chi connectivity index (χ2v) is 6.41. The first kappa shape index (κ1) is 20.8. The van der Waals surface area contributed by atoms with Gasteiger partial charge in [-0.25, -0.2) is 4.79 Å². The van der Waals surface area contributed by atoms with Gasteiger partial charge in [-0.1, -0.05) is 6.58 Å². The van der Waals surface area contributed by atoms with Crippen molar-refractivity contribution in [2.45, 2.75) is 12.6 Å². The molecule has 0 fully saturated rings. The number of hydrogen-bond donors (Lipinski definition) is 5. The molecule has 0 bridgehead atoms. The molecule has 2 heterocycles. The maximum Gasteiger partial charge on any atom is 0.329 e. The van der Waals surface area contributed by atoms with Gasteiger partial charge < -0.3 is 14.8 Å². The highest BCUT2D eigenvalue weighted by Gasteiger charge is 2.19. The zero-order chi connectivity index (χ0) is 22.0. The van der Waals surface area contributed by atoms with Crippen LogP contribution in [-0.2, 0) is 13.6 Å². The maximum atomic E-state index is 12.3. The lowest BCUT2D eigenvalue weighted by molar-refractivity contribution is -0.384. The van der Waals surface area contributed by atoms with E-state index in [-0.39, 0.29) is 29.3 Å². The first-order valence-corrected chi connectivity index (χ1v) is 8.67. The van der Waals surface area contributed by atoms with Gasteiger partial charge in [-0.15, -0.1) is 0 Å². The number of nitrogens with zero attached hydrogens (tertiary/aromatic N) is 4. The Kier molecular flexibility index (Phi) is 5.66. The molecule has 0 saturated heterocycles. The van der Waals surface area contributed by atoms with Gasteiger partial charge in [-0.05, 0) is 17.7 Å². The number of rotatable bonds is 8. The van der Waals surface area contributed by atoms with Gasteiger partial charge in [0.1, 0.15) is 0 Å². The molecular weight excluding hydrogens is 398 g/mol. The summed E-state index contributed by atoms with van der Waals surface area (Å²) in [4.78, 5) is 40.8. The highest BCUT2D eigenvalue weighted by Crippen LogP contribution is 2.18. The van der Waals surface area contributed by atoms with Gasteiger partial charge in [0, 0.05) is 19.2 Å². The molecular formula is C17H19N7O6. The summed E-state index contributed by atoms with van der Waals surface area (Å²) in [6, 6.07) is 5.65. The summed E-state index contributed by atoms with van der Waals surface area (Å²) in [7, 11) is 1.42. The average molecular weight is 417 g/mol. The number of aromatic nitrogens is 4. The molecule has 13 heteroatoms. The van der Waals surface area contributed by atoms with Crippen LogP contribution in [0, 0.1) is 10.1 Å². The third-order valence-corrected chi connectivity index (χ3v) is 4.36. The molecule has 0 aliphatic heterocycles. The van der Waals surface area contributed by atoms with E-state index in [9.17, 15) is 24.8 Å². The Morgan fingerprint density at radius 1 is 1.37 bits per heavy atom. The quantitative estimate of drug-likeness (QED) is 0.233. The van der Waals surface area contributed by atoms with E-state index in [2.05, 4.69) is 27.4 Å². The number of H-pyrrole nitrogens is 1. The van der Waals surface area contributed by atoms with Crippen LogP contribution in [0.3, 0.4) is 0 Å². The van der Waals surface area contributed by atoms with Gasteiger partial charge in [0.05, 0.1) is 29.9 Å². The minimum absolute atomic E-state index is 0.0230. The molecule has 2 aromatic heterocycles. The number of anilines is 1.